The summed E-state index contributed by atoms with van der Waals surface area (Å²) in [6.45, 7) is 5.60. The molecule has 0 spiro atoms. The minimum atomic E-state index is -3.35. The van der Waals surface area contributed by atoms with Crippen LogP contribution in [0.3, 0.4) is 0 Å². The molecule has 0 bridgehead atoms. The molecule has 0 aliphatic carbocycles. The van der Waals surface area contributed by atoms with E-state index < -0.39 is 21.3 Å². The average Bonchev–Trinajstić information content (AvgIpc) is 2.77. The first-order valence-corrected chi connectivity index (χ1v) is 12.9. The second kappa shape index (κ2) is 8.54. The van der Waals surface area contributed by atoms with E-state index in [4.69, 9.17) is 0 Å². The average molecular weight is 474 g/mol. The lowest BCUT2D eigenvalue weighted by atomic mass is 9.81. The number of carbonyl (C=O) groups excluding carboxylic acids is 1. The molecule has 3 heterocycles. The molecule has 0 N–H and O–H groups in total. The van der Waals surface area contributed by atoms with Crippen molar-refractivity contribution in [1.29, 1.82) is 5.26 Å². The maximum atomic E-state index is 14.2. The molecule has 33 heavy (non-hydrogen) atoms. The first-order valence-electron chi connectivity index (χ1n) is 11.0. The zero-order valence-electron chi connectivity index (χ0n) is 19.1. The van der Waals surface area contributed by atoms with Crippen molar-refractivity contribution in [1.82, 2.24) is 14.2 Å². The number of amides is 1. The van der Waals surface area contributed by atoms with Gasteiger partial charge < -0.3 is 9.80 Å². The number of anilines is 1. The van der Waals surface area contributed by atoms with Crippen molar-refractivity contribution in [2.75, 3.05) is 43.9 Å². The summed E-state index contributed by atoms with van der Waals surface area (Å²) < 4.78 is 39.6. The lowest BCUT2D eigenvalue weighted by molar-refractivity contribution is 0.0643. The molecule has 4 rings (SSSR count). The van der Waals surface area contributed by atoms with Crippen molar-refractivity contribution in [3.63, 3.8) is 0 Å². The van der Waals surface area contributed by atoms with Gasteiger partial charge in [-0.3, -0.25) is 9.78 Å². The first-order chi connectivity index (χ1) is 15.5. The molecule has 2 aliphatic rings. The van der Waals surface area contributed by atoms with Gasteiger partial charge in [-0.1, -0.05) is 0 Å². The Morgan fingerprint density at radius 3 is 2.55 bits per heavy atom. The molecule has 1 aromatic heterocycles. The number of benzene rings is 1. The van der Waals surface area contributed by atoms with E-state index in [9.17, 15) is 22.9 Å². The number of piperazine rings is 1. The number of sulfonamides is 1. The number of nitriles is 1. The Hall–Kier alpha value is -2.77. The van der Waals surface area contributed by atoms with Crippen molar-refractivity contribution in [3.05, 3.63) is 35.8 Å². The Kier molecular flexibility index (Phi) is 6.05. The third-order valence-corrected chi connectivity index (χ3v) is 8.16. The highest BCUT2D eigenvalue weighted by atomic mass is 32.2. The highest BCUT2D eigenvalue weighted by Crippen LogP contribution is 2.37. The smallest absolute Gasteiger partial charge is 0.257 e. The van der Waals surface area contributed by atoms with Crippen LogP contribution in [0.15, 0.2) is 24.4 Å². The highest BCUT2D eigenvalue weighted by Gasteiger charge is 2.36. The highest BCUT2D eigenvalue weighted by molar-refractivity contribution is 7.88. The van der Waals surface area contributed by atoms with Crippen LogP contribution in [0, 0.1) is 22.6 Å². The molecule has 2 aromatic rings. The van der Waals surface area contributed by atoms with Gasteiger partial charge in [-0.25, -0.2) is 12.8 Å². The lowest BCUT2D eigenvalue weighted by Crippen LogP contribution is -2.55. The molecule has 8 nitrogen and oxygen atoms in total. The maximum absolute atomic E-state index is 14.2. The van der Waals surface area contributed by atoms with E-state index in [0.717, 1.165) is 0 Å². The third kappa shape index (κ3) is 4.52. The van der Waals surface area contributed by atoms with Gasteiger partial charge in [0.05, 0.1) is 34.5 Å². The summed E-state index contributed by atoms with van der Waals surface area (Å²) in [5, 5.41) is 10.1. The summed E-state index contributed by atoms with van der Waals surface area (Å²) in [6, 6.07) is 6.37. The van der Waals surface area contributed by atoms with Gasteiger partial charge in [0.2, 0.25) is 10.0 Å². The van der Waals surface area contributed by atoms with E-state index >= 15 is 0 Å². The Balaban J connectivity index is 1.71. The summed E-state index contributed by atoms with van der Waals surface area (Å²) in [7, 11) is -3.35. The van der Waals surface area contributed by atoms with Crippen LogP contribution in [-0.4, -0.2) is 73.5 Å². The molecule has 1 amide bonds. The molecule has 176 valence electrons. The monoisotopic (exact) mass is 473 g/mol. The molecular weight excluding hydrogens is 445 g/mol. The van der Waals surface area contributed by atoms with Crippen molar-refractivity contribution in [2.45, 2.75) is 32.7 Å². The van der Waals surface area contributed by atoms with Gasteiger partial charge in [0.15, 0.2) is 0 Å². The number of fused-ring (bicyclic) bond motifs is 1. The largest absolute Gasteiger partial charge is 0.370 e. The SMILES string of the molecule is CC1CN(C(=O)c2cnc3ccc(F)cc3c2N2CCC(C)(C#N)CC2)CCN1S(C)(=O)=O. The van der Waals surface area contributed by atoms with E-state index in [1.807, 2.05) is 11.8 Å². The van der Waals surface area contributed by atoms with Gasteiger partial charge in [0.25, 0.3) is 5.91 Å². The predicted octanol–water partition coefficient (Wildman–Crippen LogP) is 2.61. The fourth-order valence-corrected chi connectivity index (χ4v) is 5.91. The van der Waals surface area contributed by atoms with Gasteiger partial charge in [0, 0.05) is 50.3 Å². The van der Waals surface area contributed by atoms with Crippen molar-refractivity contribution in [3.8, 4) is 6.07 Å². The summed E-state index contributed by atoms with van der Waals surface area (Å²) in [5.74, 6) is -0.665. The molecule has 2 fully saturated rings. The van der Waals surface area contributed by atoms with Gasteiger partial charge in [-0.2, -0.15) is 9.57 Å². The summed E-state index contributed by atoms with van der Waals surface area (Å²) in [6.07, 6.45) is 3.98. The number of carbonyl (C=O) groups is 1. The zero-order valence-corrected chi connectivity index (χ0v) is 19.9. The number of aromatic nitrogens is 1. The van der Waals surface area contributed by atoms with Crippen LogP contribution in [0.1, 0.15) is 37.0 Å². The third-order valence-electron chi connectivity index (χ3n) is 6.76. The molecule has 0 saturated carbocycles. The van der Waals surface area contributed by atoms with Crippen LogP contribution >= 0.6 is 0 Å². The molecule has 10 heteroatoms. The summed E-state index contributed by atoms with van der Waals surface area (Å²) >= 11 is 0. The van der Waals surface area contributed by atoms with E-state index in [2.05, 4.69) is 11.1 Å². The second-order valence-electron chi connectivity index (χ2n) is 9.32. The van der Waals surface area contributed by atoms with Crippen LogP contribution < -0.4 is 4.90 Å². The Labute approximate surface area is 193 Å². The Morgan fingerprint density at radius 2 is 1.94 bits per heavy atom. The normalized spacial score (nSPS) is 21.7. The van der Waals surface area contributed by atoms with Crippen LogP contribution in [0.2, 0.25) is 0 Å². The number of halogens is 1. The predicted molar refractivity (Wildman–Crippen MR) is 124 cm³/mol. The molecule has 0 radical (unpaired) electrons. The fourth-order valence-electron chi connectivity index (χ4n) is 4.77. The summed E-state index contributed by atoms with van der Waals surface area (Å²) in [4.78, 5) is 21.7. The maximum Gasteiger partial charge on any atom is 0.257 e. The number of hydrogen-bond donors (Lipinski definition) is 0. The van der Waals surface area contributed by atoms with Gasteiger partial charge >= 0.3 is 0 Å². The van der Waals surface area contributed by atoms with E-state index in [1.54, 1.807) is 17.9 Å². The van der Waals surface area contributed by atoms with Gasteiger partial charge in [-0.15, -0.1) is 0 Å². The van der Waals surface area contributed by atoms with Gasteiger partial charge in [0.1, 0.15) is 5.82 Å². The molecular formula is C23H28FN5O3S. The second-order valence-corrected chi connectivity index (χ2v) is 11.3. The number of piperidine rings is 1. The van der Waals surface area contributed by atoms with E-state index in [-0.39, 0.29) is 31.6 Å². The molecule has 1 unspecified atom stereocenters. The minimum absolute atomic E-state index is 0.223. The van der Waals surface area contributed by atoms with Crippen LogP contribution in [0.25, 0.3) is 10.9 Å². The minimum Gasteiger partial charge on any atom is -0.370 e. The lowest BCUT2D eigenvalue weighted by Gasteiger charge is -2.40. The van der Waals surface area contributed by atoms with E-state index in [1.165, 1.54) is 28.9 Å². The topological polar surface area (TPSA) is 97.6 Å². The number of pyridine rings is 1. The molecule has 1 atom stereocenters. The first kappa shape index (κ1) is 23.4. The Bertz CT molecular complexity index is 1230. The molecule has 1 aromatic carbocycles. The van der Waals surface area contributed by atoms with Crippen LogP contribution in [0.4, 0.5) is 10.1 Å². The van der Waals surface area contributed by atoms with E-state index in [0.29, 0.717) is 48.1 Å². The van der Waals surface area contributed by atoms with Crippen molar-refractivity contribution < 1.29 is 17.6 Å². The van der Waals surface area contributed by atoms with Crippen LogP contribution in [-0.2, 0) is 10.0 Å². The van der Waals surface area contributed by atoms with Crippen LogP contribution in [0.5, 0.6) is 0 Å². The number of nitrogens with zero attached hydrogens (tertiary/aromatic N) is 5. The number of rotatable bonds is 3. The fraction of sp³-hybridized carbons (Fsp3) is 0.522. The van der Waals surface area contributed by atoms with Crippen molar-refractivity contribution >= 4 is 32.5 Å². The summed E-state index contributed by atoms with van der Waals surface area (Å²) in [5.41, 5.74) is 1.16. The molecule has 2 aliphatic heterocycles. The number of hydrogen-bond acceptors (Lipinski definition) is 6. The van der Waals surface area contributed by atoms with Crippen molar-refractivity contribution in [2.24, 2.45) is 5.41 Å². The zero-order chi connectivity index (χ0) is 24.0. The Morgan fingerprint density at radius 1 is 1.24 bits per heavy atom. The standard InChI is InChI=1S/C23H28FN5O3S/c1-16-14-28(10-11-29(16)33(3,31)32)22(30)19-13-26-20-5-4-17(24)12-18(20)21(19)27-8-6-23(2,15-25)7-9-27/h4-5,12-13,16H,6-11,14H2,1-3H3. The van der Waals surface area contributed by atoms with Gasteiger partial charge in [-0.05, 0) is 44.9 Å². The quantitative estimate of drug-likeness (QED) is 0.680. The molecule has 2 saturated heterocycles.